The quantitative estimate of drug-likeness (QED) is 0.858. The molecule has 0 radical (unpaired) electrons. The Balaban J connectivity index is 1.35. The molecule has 7 nitrogen and oxygen atoms in total. The normalized spacial score (nSPS) is 33.8. The number of amides is 2. The molecule has 0 spiro atoms. The molecule has 1 aliphatic heterocycles. The summed E-state index contributed by atoms with van der Waals surface area (Å²) in [6.45, 7) is 5.02. The van der Waals surface area contributed by atoms with Gasteiger partial charge >= 0.3 is 6.03 Å². The molecule has 2 amide bonds. The number of aliphatic hydroxyl groups is 1. The molecular weight excluding hydrogens is 332 g/mol. The summed E-state index contributed by atoms with van der Waals surface area (Å²) >= 11 is 0. The van der Waals surface area contributed by atoms with Crippen LogP contribution in [0.2, 0.25) is 0 Å². The van der Waals surface area contributed by atoms with Crippen LogP contribution >= 0.6 is 0 Å². The van der Waals surface area contributed by atoms with Gasteiger partial charge in [0.1, 0.15) is 0 Å². The number of piperidine rings is 1. The third-order valence-corrected chi connectivity index (χ3v) is 6.22. The molecule has 2 aliphatic carbocycles. The Hall–Kier alpha value is -1.63. The second-order valence-electron chi connectivity index (χ2n) is 8.77. The van der Waals surface area contributed by atoms with E-state index in [2.05, 4.69) is 15.5 Å². The molecule has 144 valence electrons. The highest BCUT2D eigenvalue weighted by Gasteiger charge is 2.46. The molecule has 1 saturated heterocycles. The fourth-order valence-corrected chi connectivity index (χ4v) is 4.62. The molecule has 4 atom stereocenters. The average molecular weight is 362 g/mol. The van der Waals surface area contributed by atoms with E-state index in [0.717, 1.165) is 18.8 Å². The van der Waals surface area contributed by atoms with Crippen molar-refractivity contribution < 1.29 is 14.4 Å². The van der Waals surface area contributed by atoms with E-state index in [0.29, 0.717) is 49.6 Å². The molecule has 1 aromatic heterocycles. The number of hydrogen-bond acceptors (Lipinski definition) is 5. The highest BCUT2D eigenvalue weighted by Crippen LogP contribution is 2.49. The van der Waals surface area contributed by atoms with Crippen molar-refractivity contribution >= 4 is 6.03 Å². The zero-order chi connectivity index (χ0) is 18.3. The summed E-state index contributed by atoms with van der Waals surface area (Å²) in [5, 5.41) is 18.2. The highest BCUT2D eigenvalue weighted by molar-refractivity contribution is 5.75. The zero-order valence-electron chi connectivity index (χ0n) is 15.8. The summed E-state index contributed by atoms with van der Waals surface area (Å²) in [6, 6.07) is 0.287. The van der Waals surface area contributed by atoms with Gasteiger partial charge in [-0.25, -0.2) is 4.79 Å². The van der Waals surface area contributed by atoms with Gasteiger partial charge < -0.3 is 19.8 Å². The van der Waals surface area contributed by atoms with Gasteiger partial charge in [-0.3, -0.25) is 0 Å². The predicted molar refractivity (Wildman–Crippen MR) is 95.6 cm³/mol. The summed E-state index contributed by atoms with van der Waals surface area (Å²) in [4.78, 5) is 18.8. The van der Waals surface area contributed by atoms with Gasteiger partial charge in [-0.15, -0.1) is 0 Å². The van der Waals surface area contributed by atoms with Crippen molar-refractivity contribution in [2.24, 2.45) is 11.8 Å². The number of aromatic nitrogens is 2. The van der Waals surface area contributed by atoms with Crippen molar-refractivity contribution in [3.63, 3.8) is 0 Å². The van der Waals surface area contributed by atoms with Gasteiger partial charge in [-0.05, 0) is 37.5 Å². The van der Waals surface area contributed by atoms with E-state index in [4.69, 9.17) is 4.52 Å². The molecule has 3 aliphatic rings. The minimum Gasteiger partial charge on any atom is -0.387 e. The Morgan fingerprint density at radius 2 is 2.27 bits per heavy atom. The topological polar surface area (TPSA) is 91.5 Å². The van der Waals surface area contributed by atoms with Gasteiger partial charge in [0.25, 0.3) is 0 Å². The third kappa shape index (κ3) is 3.72. The summed E-state index contributed by atoms with van der Waals surface area (Å²) < 4.78 is 5.29. The van der Waals surface area contributed by atoms with Gasteiger partial charge in [0.15, 0.2) is 5.82 Å². The number of likely N-dealkylation sites (tertiary alicyclic amines) is 1. The first kappa shape index (κ1) is 17.8. The monoisotopic (exact) mass is 362 g/mol. The van der Waals surface area contributed by atoms with E-state index in [1.54, 1.807) is 4.90 Å². The van der Waals surface area contributed by atoms with Crippen LogP contribution in [0.25, 0.3) is 0 Å². The van der Waals surface area contributed by atoms with Crippen LogP contribution in [0.15, 0.2) is 4.52 Å². The average Bonchev–Trinajstić information content (AvgIpc) is 3.26. The van der Waals surface area contributed by atoms with E-state index >= 15 is 0 Å². The van der Waals surface area contributed by atoms with Gasteiger partial charge in [0.2, 0.25) is 5.89 Å². The minimum absolute atomic E-state index is 0.0333. The number of nitrogens with zero attached hydrogens (tertiary/aromatic N) is 3. The van der Waals surface area contributed by atoms with Crippen LogP contribution in [0.3, 0.4) is 0 Å². The molecule has 2 heterocycles. The molecule has 4 unspecified atom stereocenters. The summed E-state index contributed by atoms with van der Waals surface area (Å²) in [7, 11) is 0. The Morgan fingerprint density at radius 3 is 3.04 bits per heavy atom. The smallest absolute Gasteiger partial charge is 0.317 e. The largest absolute Gasteiger partial charge is 0.387 e. The number of carbonyl (C=O) groups excluding carboxylic acids is 1. The number of urea groups is 1. The van der Waals surface area contributed by atoms with Crippen molar-refractivity contribution in [2.45, 2.75) is 76.4 Å². The number of nitrogens with one attached hydrogen (secondary N) is 1. The first-order chi connectivity index (χ1) is 12.4. The SMILES string of the molecule is CC(C)c1noc(CC2(O)CCCN(C(=O)NC3CCCC4CC43)C2)n1. The van der Waals surface area contributed by atoms with Crippen LogP contribution in [0.4, 0.5) is 4.79 Å². The Bertz CT molecular complexity index is 661. The maximum absolute atomic E-state index is 12.7. The molecule has 1 aromatic rings. The van der Waals surface area contributed by atoms with Crippen molar-refractivity contribution in [3.8, 4) is 0 Å². The second-order valence-corrected chi connectivity index (χ2v) is 8.77. The highest BCUT2D eigenvalue weighted by atomic mass is 16.5. The zero-order valence-corrected chi connectivity index (χ0v) is 15.8. The van der Waals surface area contributed by atoms with Gasteiger partial charge in [-0.1, -0.05) is 31.8 Å². The lowest BCUT2D eigenvalue weighted by Gasteiger charge is -2.39. The van der Waals surface area contributed by atoms with Crippen LogP contribution in [0, 0.1) is 11.8 Å². The molecule has 2 saturated carbocycles. The Labute approximate surface area is 154 Å². The number of β-amino-alcohol motifs (C(OH)–C–C–N with tert-alkyl or cyclic N) is 1. The summed E-state index contributed by atoms with van der Waals surface area (Å²) in [5.74, 6) is 2.82. The van der Waals surface area contributed by atoms with Crippen molar-refractivity contribution in [1.29, 1.82) is 0 Å². The molecule has 0 bridgehead atoms. The maximum atomic E-state index is 12.7. The van der Waals surface area contributed by atoms with E-state index in [1.165, 1.54) is 19.3 Å². The predicted octanol–water partition coefficient (Wildman–Crippen LogP) is 2.46. The van der Waals surface area contributed by atoms with Gasteiger partial charge in [0.05, 0.1) is 18.6 Å². The lowest BCUT2D eigenvalue weighted by molar-refractivity contribution is -0.0234. The molecule has 0 aromatic carbocycles. The molecule has 3 fully saturated rings. The van der Waals surface area contributed by atoms with E-state index in [1.807, 2.05) is 13.8 Å². The van der Waals surface area contributed by atoms with Crippen LogP contribution in [-0.2, 0) is 6.42 Å². The lowest BCUT2D eigenvalue weighted by atomic mass is 9.89. The Morgan fingerprint density at radius 1 is 1.42 bits per heavy atom. The standard InChI is InChI=1S/C19H30N4O3/c1-12(2)17-21-16(26-22-17)10-19(25)7-4-8-23(11-19)18(24)20-15-6-3-5-13-9-14(13)15/h12-15,25H,3-11H2,1-2H3,(H,20,24). The summed E-state index contributed by atoms with van der Waals surface area (Å²) in [6.07, 6.45) is 6.62. The first-order valence-corrected chi connectivity index (χ1v) is 10.0. The van der Waals surface area contributed by atoms with Crippen LogP contribution in [0.5, 0.6) is 0 Å². The van der Waals surface area contributed by atoms with E-state index in [9.17, 15) is 9.90 Å². The lowest BCUT2D eigenvalue weighted by Crippen LogP contribution is -2.55. The first-order valence-electron chi connectivity index (χ1n) is 10.0. The number of rotatable bonds is 4. The van der Waals surface area contributed by atoms with Gasteiger partial charge in [0, 0.05) is 18.5 Å². The van der Waals surface area contributed by atoms with Crippen molar-refractivity contribution in [2.75, 3.05) is 13.1 Å². The summed E-state index contributed by atoms with van der Waals surface area (Å²) in [5.41, 5.74) is -0.995. The second kappa shape index (κ2) is 6.83. The third-order valence-electron chi connectivity index (χ3n) is 6.22. The van der Waals surface area contributed by atoms with E-state index < -0.39 is 5.60 Å². The Kier molecular flexibility index (Phi) is 4.67. The van der Waals surface area contributed by atoms with Gasteiger partial charge in [-0.2, -0.15) is 4.98 Å². The fraction of sp³-hybridized carbons (Fsp3) is 0.842. The van der Waals surface area contributed by atoms with Crippen molar-refractivity contribution in [3.05, 3.63) is 11.7 Å². The minimum atomic E-state index is -0.995. The van der Waals surface area contributed by atoms with Crippen LogP contribution < -0.4 is 5.32 Å². The fourth-order valence-electron chi connectivity index (χ4n) is 4.62. The molecule has 26 heavy (non-hydrogen) atoms. The van der Waals surface area contributed by atoms with E-state index in [-0.39, 0.29) is 11.9 Å². The molecule has 2 N–H and O–H groups in total. The van der Waals surface area contributed by atoms with Crippen LogP contribution in [0.1, 0.15) is 70.0 Å². The molecule has 4 rings (SSSR count). The number of carbonyl (C=O) groups is 1. The molecular formula is C19H30N4O3. The number of hydrogen-bond donors (Lipinski definition) is 2. The van der Waals surface area contributed by atoms with Crippen molar-refractivity contribution in [1.82, 2.24) is 20.4 Å². The number of fused-ring (bicyclic) bond motifs is 1. The van der Waals surface area contributed by atoms with Crippen LogP contribution in [-0.4, -0.2) is 50.9 Å². The maximum Gasteiger partial charge on any atom is 0.317 e. The molecule has 7 heteroatoms.